The molecule has 0 bridgehead atoms. The number of primary sulfonamides is 1. The van der Waals surface area contributed by atoms with Crippen LogP contribution in [0.5, 0.6) is 0 Å². The van der Waals surface area contributed by atoms with Crippen molar-refractivity contribution in [3.8, 4) is 0 Å². The first-order valence-corrected chi connectivity index (χ1v) is 8.40. The molecule has 2 N–H and O–H groups in total. The normalized spacial score (nSPS) is 11.6. The van der Waals surface area contributed by atoms with Gasteiger partial charge in [0.25, 0.3) is 0 Å². The van der Waals surface area contributed by atoms with Crippen molar-refractivity contribution in [2.75, 3.05) is 11.9 Å². The lowest BCUT2D eigenvalue weighted by atomic mass is 10.4. The van der Waals surface area contributed by atoms with Crippen LogP contribution in [0.4, 0.5) is 5.82 Å². The molecule has 0 unspecified atom stereocenters. The number of hydrogen-bond acceptors (Lipinski definition) is 6. The van der Waals surface area contributed by atoms with Crippen molar-refractivity contribution in [1.29, 1.82) is 0 Å². The van der Waals surface area contributed by atoms with Gasteiger partial charge in [-0.2, -0.15) is 0 Å². The Kier molecular flexibility index (Phi) is 4.36. The molecule has 2 heterocycles. The van der Waals surface area contributed by atoms with E-state index in [1.165, 1.54) is 6.07 Å². The van der Waals surface area contributed by atoms with Crippen LogP contribution in [0.1, 0.15) is 16.8 Å². The van der Waals surface area contributed by atoms with Gasteiger partial charge in [-0.15, -0.1) is 11.3 Å². The Bertz CT molecular complexity index is 697. The van der Waals surface area contributed by atoms with Crippen LogP contribution < -0.4 is 10.0 Å². The Balaban J connectivity index is 2.27. The zero-order valence-corrected chi connectivity index (χ0v) is 12.9. The quantitative estimate of drug-likeness (QED) is 0.901. The minimum atomic E-state index is -3.79. The Morgan fingerprint density at radius 3 is 2.75 bits per heavy atom. The summed E-state index contributed by atoms with van der Waals surface area (Å²) in [5, 5.41) is 6.27. The summed E-state index contributed by atoms with van der Waals surface area (Å²) in [6.07, 6.45) is 4.24. The van der Waals surface area contributed by atoms with E-state index < -0.39 is 10.0 Å². The molecule has 0 fully saturated rings. The second kappa shape index (κ2) is 5.86. The molecule has 108 valence electrons. The highest BCUT2D eigenvalue weighted by molar-refractivity contribution is 7.89. The second-order valence-electron chi connectivity index (χ2n) is 4.30. The molecule has 0 spiro atoms. The number of sulfonamides is 1. The zero-order chi connectivity index (χ0) is 14.8. The van der Waals surface area contributed by atoms with Crippen molar-refractivity contribution in [2.24, 2.45) is 5.14 Å². The Labute approximate surface area is 122 Å². The number of hydrogen-bond donors (Lipinski definition) is 1. The van der Waals surface area contributed by atoms with Crippen LogP contribution in [-0.2, 0) is 23.0 Å². The van der Waals surface area contributed by atoms with Crippen LogP contribution in [0.2, 0.25) is 0 Å². The van der Waals surface area contributed by atoms with Gasteiger partial charge in [-0.05, 0) is 18.6 Å². The van der Waals surface area contributed by atoms with Crippen LogP contribution in [0.3, 0.4) is 0 Å². The molecule has 2 aromatic heterocycles. The maximum absolute atomic E-state index is 11.6. The number of aromatic nitrogens is 2. The second-order valence-corrected chi connectivity index (χ2v) is 7.03. The first kappa shape index (κ1) is 14.9. The van der Waals surface area contributed by atoms with E-state index >= 15 is 0 Å². The third kappa shape index (κ3) is 3.33. The summed E-state index contributed by atoms with van der Waals surface area (Å²) in [7, 11) is -2.01. The number of nitrogens with zero attached hydrogens (tertiary/aromatic N) is 3. The molecule has 20 heavy (non-hydrogen) atoms. The van der Waals surface area contributed by atoms with Gasteiger partial charge >= 0.3 is 0 Å². The van der Waals surface area contributed by atoms with E-state index in [2.05, 4.69) is 9.97 Å². The average molecular weight is 312 g/mol. The van der Waals surface area contributed by atoms with Gasteiger partial charge in [0.1, 0.15) is 10.7 Å². The number of rotatable bonds is 5. The first-order chi connectivity index (χ1) is 9.41. The van der Waals surface area contributed by atoms with Crippen molar-refractivity contribution >= 4 is 27.2 Å². The molecule has 2 rings (SSSR count). The molecular formula is C12H16N4O2S2. The van der Waals surface area contributed by atoms with Crippen LogP contribution in [0, 0.1) is 0 Å². The van der Waals surface area contributed by atoms with E-state index in [9.17, 15) is 8.42 Å². The molecule has 8 heteroatoms. The Morgan fingerprint density at radius 2 is 2.15 bits per heavy atom. The van der Waals surface area contributed by atoms with E-state index in [0.29, 0.717) is 12.4 Å². The lowest BCUT2D eigenvalue weighted by molar-refractivity contribution is 0.597. The Hall–Kier alpha value is -1.51. The predicted molar refractivity (Wildman–Crippen MR) is 79.2 cm³/mol. The van der Waals surface area contributed by atoms with Gasteiger partial charge in [-0.25, -0.2) is 23.5 Å². The van der Waals surface area contributed by atoms with Crippen LogP contribution in [0.25, 0.3) is 0 Å². The van der Waals surface area contributed by atoms with E-state index in [0.717, 1.165) is 16.3 Å². The maximum Gasteiger partial charge on any atom is 0.241 e. The molecule has 0 amide bonds. The maximum atomic E-state index is 11.6. The summed E-state index contributed by atoms with van der Waals surface area (Å²) < 4.78 is 23.1. The fraction of sp³-hybridized carbons (Fsp3) is 0.333. The van der Waals surface area contributed by atoms with E-state index in [-0.39, 0.29) is 4.90 Å². The molecule has 0 radical (unpaired) electrons. The highest BCUT2D eigenvalue weighted by Gasteiger charge is 2.18. The number of nitrogens with two attached hydrogens (primary N) is 1. The third-order valence-electron chi connectivity index (χ3n) is 2.72. The molecule has 0 saturated heterocycles. The van der Waals surface area contributed by atoms with Gasteiger partial charge in [0.2, 0.25) is 10.0 Å². The molecule has 0 aliphatic carbocycles. The SMILES string of the molecule is CCc1ncc(CN(C)c2ncccc2S(N)(=O)=O)s1. The number of aryl methyl sites for hydroxylation is 1. The Morgan fingerprint density at radius 1 is 1.40 bits per heavy atom. The summed E-state index contributed by atoms with van der Waals surface area (Å²) in [5.74, 6) is 0.349. The number of pyridine rings is 1. The van der Waals surface area contributed by atoms with Crippen molar-refractivity contribution in [2.45, 2.75) is 24.8 Å². The van der Waals surface area contributed by atoms with Crippen LogP contribution in [0.15, 0.2) is 29.4 Å². The fourth-order valence-corrected chi connectivity index (χ4v) is 3.43. The highest BCUT2D eigenvalue weighted by Crippen LogP contribution is 2.23. The smallest absolute Gasteiger partial charge is 0.241 e. The van der Waals surface area contributed by atoms with Crippen molar-refractivity contribution < 1.29 is 8.42 Å². The zero-order valence-electron chi connectivity index (χ0n) is 11.3. The minimum Gasteiger partial charge on any atom is -0.353 e. The lowest BCUT2D eigenvalue weighted by Gasteiger charge is -2.19. The van der Waals surface area contributed by atoms with Gasteiger partial charge in [0.15, 0.2) is 0 Å². The predicted octanol–water partition coefficient (Wildman–Crippen LogP) is 1.38. The number of thiazole rings is 1. The molecule has 2 aromatic rings. The van der Waals surface area contributed by atoms with Gasteiger partial charge in [0.05, 0.1) is 11.6 Å². The minimum absolute atomic E-state index is 0.0303. The molecule has 0 atom stereocenters. The largest absolute Gasteiger partial charge is 0.353 e. The summed E-state index contributed by atoms with van der Waals surface area (Å²) in [6.45, 7) is 2.58. The van der Waals surface area contributed by atoms with E-state index in [4.69, 9.17) is 5.14 Å². The standard InChI is InChI=1S/C12H16N4O2S2/c1-3-11-15-7-9(19-11)8-16(2)12-10(20(13,17)18)5-4-6-14-12/h4-7H,3,8H2,1-2H3,(H2,13,17,18). The van der Waals surface area contributed by atoms with Crippen LogP contribution in [-0.4, -0.2) is 25.4 Å². The molecule has 0 aromatic carbocycles. The monoisotopic (exact) mass is 312 g/mol. The molecule has 6 nitrogen and oxygen atoms in total. The molecular weight excluding hydrogens is 296 g/mol. The fourth-order valence-electron chi connectivity index (χ4n) is 1.78. The van der Waals surface area contributed by atoms with Crippen molar-refractivity contribution in [1.82, 2.24) is 9.97 Å². The summed E-state index contributed by atoms with van der Waals surface area (Å²) in [6, 6.07) is 3.01. The summed E-state index contributed by atoms with van der Waals surface area (Å²) in [5.41, 5.74) is 0. The lowest BCUT2D eigenvalue weighted by Crippen LogP contribution is -2.22. The van der Waals surface area contributed by atoms with Gasteiger partial charge in [-0.1, -0.05) is 6.92 Å². The summed E-state index contributed by atoms with van der Waals surface area (Å²) >= 11 is 1.61. The molecule has 0 saturated carbocycles. The highest BCUT2D eigenvalue weighted by atomic mass is 32.2. The van der Waals surface area contributed by atoms with Gasteiger partial charge < -0.3 is 4.90 Å². The molecule has 0 aliphatic heterocycles. The van der Waals surface area contributed by atoms with E-state index in [1.54, 1.807) is 41.7 Å². The molecule has 0 aliphatic rings. The van der Waals surface area contributed by atoms with Crippen LogP contribution >= 0.6 is 11.3 Å². The number of anilines is 1. The summed E-state index contributed by atoms with van der Waals surface area (Å²) in [4.78, 5) is 11.2. The van der Waals surface area contributed by atoms with E-state index in [1.807, 2.05) is 6.92 Å². The van der Waals surface area contributed by atoms with Gasteiger partial charge in [0, 0.05) is 24.3 Å². The van der Waals surface area contributed by atoms with Crippen molar-refractivity contribution in [3.05, 3.63) is 34.4 Å². The van der Waals surface area contributed by atoms with Crippen molar-refractivity contribution in [3.63, 3.8) is 0 Å². The first-order valence-electron chi connectivity index (χ1n) is 6.04. The van der Waals surface area contributed by atoms with Gasteiger partial charge in [-0.3, -0.25) is 0 Å². The third-order valence-corrected chi connectivity index (χ3v) is 4.77. The average Bonchev–Trinajstić information content (AvgIpc) is 2.85. The topological polar surface area (TPSA) is 89.2 Å².